The predicted molar refractivity (Wildman–Crippen MR) is 132 cm³/mol. The zero-order valence-electron chi connectivity index (χ0n) is 20.9. The van der Waals surface area contributed by atoms with Gasteiger partial charge in [-0.1, -0.05) is 96.8 Å². The molecule has 32 heavy (non-hydrogen) atoms. The first-order chi connectivity index (χ1) is 15.4. The number of amides is 1. The molecule has 0 bridgehead atoms. The quantitative estimate of drug-likeness (QED) is 0.231. The maximum atomic E-state index is 10.6. The number of aliphatic carboxylic acids is 1. The topological polar surface area (TPSA) is 122 Å². The third kappa shape index (κ3) is 33.5. The molecule has 7 nitrogen and oxygen atoms in total. The molecule has 0 aromatic rings. The van der Waals surface area contributed by atoms with Crippen LogP contribution in [0.2, 0.25) is 0 Å². The molecule has 1 saturated heterocycles. The number of hydrogen-bond acceptors (Lipinski definition) is 5. The van der Waals surface area contributed by atoms with Gasteiger partial charge in [-0.3, -0.25) is 4.79 Å². The van der Waals surface area contributed by atoms with Crippen LogP contribution in [0.15, 0.2) is 0 Å². The van der Waals surface area contributed by atoms with Gasteiger partial charge in [0.15, 0.2) is 0 Å². The van der Waals surface area contributed by atoms with Gasteiger partial charge in [-0.05, 0) is 13.3 Å². The molecule has 1 atom stereocenters. The largest absolute Gasteiger partial charge is 0.479 e. The number of primary amides is 1. The van der Waals surface area contributed by atoms with Gasteiger partial charge in [-0.15, -0.1) is 0 Å². The second kappa shape index (κ2) is 27.9. The summed E-state index contributed by atoms with van der Waals surface area (Å²) >= 11 is 0. The van der Waals surface area contributed by atoms with Gasteiger partial charge < -0.3 is 26.0 Å². The van der Waals surface area contributed by atoms with Crippen LogP contribution in [0.3, 0.4) is 0 Å². The number of aliphatic hydroxyl groups excluding tert-OH is 1. The van der Waals surface area contributed by atoms with E-state index in [2.05, 4.69) is 12.2 Å². The van der Waals surface area contributed by atoms with Crippen LogP contribution in [-0.2, 0) is 14.3 Å². The summed E-state index contributed by atoms with van der Waals surface area (Å²) in [7, 11) is 0. The SMILES string of the molecule is C1COCCN1.CC(O)C(=O)O.CCCCCCCCCCCCCCCCCC(N)=O. The van der Waals surface area contributed by atoms with Crippen molar-refractivity contribution in [3.8, 4) is 0 Å². The maximum absolute atomic E-state index is 10.6. The Labute approximate surface area is 196 Å². The molecular weight excluding hydrogens is 408 g/mol. The van der Waals surface area contributed by atoms with Crippen LogP contribution in [0.25, 0.3) is 0 Å². The molecule has 1 fully saturated rings. The van der Waals surface area contributed by atoms with E-state index in [-0.39, 0.29) is 5.91 Å². The van der Waals surface area contributed by atoms with Crippen molar-refractivity contribution in [2.45, 2.75) is 123 Å². The molecule has 0 spiro atoms. The Balaban J connectivity index is 0. The molecule has 0 aliphatic carbocycles. The summed E-state index contributed by atoms with van der Waals surface area (Å²) in [5, 5.41) is 18.9. The Morgan fingerprint density at radius 2 is 1.16 bits per heavy atom. The van der Waals surface area contributed by atoms with E-state index in [0.717, 1.165) is 32.7 Å². The number of nitrogens with one attached hydrogen (secondary N) is 1. The van der Waals surface area contributed by atoms with Crippen molar-refractivity contribution >= 4 is 11.9 Å². The number of morpholine rings is 1. The normalized spacial score (nSPS) is 13.8. The average molecular weight is 461 g/mol. The van der Waals surface area contributed by atoms with Crippen molar-refractivity contribution < 1.29 is 24.5 Å². The van der Waals surface area contributed by atoms with Crippen molar-refractivity contribution in [1.29, 1.82) is 0 Å². The van der Waals surface area contributed by atoms with E-state index in [4.69, 9.17) is 20.7 Å². The lowest BCUT2D eigenvalue weighted by Gasteiger charge is -2.10. The number of carbonyl (C=O) groups excluding carboxylic acids is 1. The highest BCUT2D eigenvalue weighted by molar-refractivity contribution is 5.73. The molecule has 7 heteroatoms. The van der Waals surface area contributed by atoms with Crippen LogP contribution in [0.5, 0.6) is 0 Å². The molecule has 1 heterocycles. The molecule has 0 aromatic carbocycles. The lowest BCUT2D eigenvalue weighted by molar-refractivity contribution is -0.145. The fourth-order valence-electron chi connectivity index (χ4n) is 3.19. The molecule has 1 aliphatic rings. The van der Waals surface area contributed by atoms with Gasteiger partial charge in [-0.2, -0.15) is 0 Å². The molecule has 0 radical (unpaired) electrons. The second-order valence-electron chi connectivity index (χ2n) is 8.54. The van der Waals surface area contributed by atoms with Crippen molar-refractivity contribution in [3.05, 3.63) is 0 Å². The van der Waals surface area contributed by atoms with Crippen molar-refractivity contribution in [2.75, 3.05) is 26.3 Å². The number of hydrogen-bond donors (Lipinski definition) is 4. The minimum Gasteiger partial charge on any atom is -0.479 e. The lowest BCUT2D eigenvalue weighted by atomic mass is 10.0. The highest BCUT2D eigenvalue weighted by Crippen LogP contribution is 2.13. The summed E-state index contributed by atoms with van der Waals surface area (Å²) in [5.41, 5.74) is 5.11. The van der Waals surface area contributed by atoms with Gasteiger partial charge in [0.1, 0.15) is 6.10 Å². The van der Waals surface area contributed by atoms with E-state index in [1.807, 2.05) is 0 Å². The number of unbranched alkanes of at least 4 members (excludes halogenated alkanes) is 14. The van der Waals surface area contributed by atoms with Crippen LogP contribution >= 0.6 is 0 Å². The summed E-state index contributed by atoms with van der Waals surface area (Å²) in [6.07, 6.45) is 19.6. The summed E-state index contributed by atoms with van der Waals surface area (Å²) in [6, 6.07) is 0. The standard InChI is InChI=1S/C18H37NO.C4H9NO.C3H6O3/c1-2-3-4-5-6-7-8-9-10-11-12-13-14-15-16-17-18(19)20;1-3-6-4-2-5-1;1-2(4)3(5)6/h2-17H2,1H3,(H2,19,20);5H,1-4H2;2,4H,1H3,(H,5,6). The Bertz CT molecular complexity index is 390. The van der Waals surface area contributed by atoms with Crippen molar-refractivity contribution in [2.24, 2.45) is 5.73 Å². The Kier molecular flexibility index (Phi) is 28.7. The number of ether oxygens (including phenoxy) is 1. The fourth-order valence-corrected chi connectivity index (χ4v) is 3.19. The number of carboxylic acids is 1. The van der Waals surface area contributed by atoms with Gasteiger partial charge >= 0.3 is 5.97 Å². The number of rotatable bonds is 17. The monoisotopic (exact) mass is 460 g/mol. The molecule has 1 unspecified atom stereocenters. The molecule has 0 aromatic heterocycles. The lowest BCUT2D eigenvalue weighted by Crippen LogP contribution is -2.30. The van der Waals surface area contributed by atoms with E-state index in [1.54, 1.807) is 0 Å². The Morgan fingerprint density at radius 1 is 0.812 bits per heavy atom. The van der Waals surface area contributed by atoms with E-state index >= 15 is 0 Å². The summed E-state index contributed by atoms with van der Waals surface area (Å²) in [5.74, 6) is -1.34. The predicted octanol–water partition coefficient (Wildman–Crippen LogP) is 4.79. The number of carboxylic acid groups (broad SMARTS) is 1. The fraction of sp³-hybridized carbons (Fsp3) is 0.920. The third-order valence-electron chi connectivity index (χ3n) is 5.23. The molecule has 192 valence electrons. The molecule has 1 rings (SSSR count). The van der Waals surface area contributed by atoms with Gasteiger partial charge in [0.2, 0.25) is 5.91 Å². The van der Waals surface area contributed by atoms with Crippen LogP contribution in [0, 0.1) is 0 Å². The first kappa shape index (κ1) is 33.0. The Hall–Kier alpha value is -1.18. The summed E-state index contributed by atoms with van der Waals surface area (Å²) in [4.78, 5) is 20.0. The van der Waals surface area contributed by atoms with E-state index < -0.39 is 12.1 Å². The molecule has 5 N–H and O–H groups in total. The van der Waals surface area contributed by atoms with E-state index in [9.17, 15) is 9.59 Å². The molecule has 1 aliphatic heterocycles. The zero-order valence-corrected chi connectivity index (χ0v) is 20.9. The number of aliphatic hydroxyl groups is 1. The highest BCUT2D eigenvalue weighted by Gasteiger charge is 2.01. The minimum atomic E-state index is -1.23. The first-order valence-corrected chi connectivity index (χ1v) is 12.9. The smallest absolute Gasteiger partial charge is 0.332 e. The Morgan fingerprint density at radius 3 is 1.38 bits per heavy atom. The van der Waals surface area contributed by atoms with Gasteiger partial charge in [0.25, 0.3) is 0 Å². The van der Waals surface area contributed by atoms with Crippen LogP contribution in [0.4, 0.5) is 0 Å². The van der Waals surface area contributed by atoms with Gasteiger partial charge in [-0.25, -0.2) is 4.79 Å². The van der Waals surface area contributed by atoms with Gasteiger partial charge in [0.05, 0.1) is 13.2 Å². The number of carbonyl (C=O) groups is 2. The maximum Gasteiger partial charge on any atom is 0.332 e. The first-order valence-electron chi connectivity index (χ1n) is 12.9. The van der Waals surface area contributed by atoms with Gasteiger partial charge in [0, 0.05) is 19.5 Å². The third-order valence-corrected chi connectivity index (χ3v) is 5.23. The van der Waals surface area contributed by atoms with E-state index in [1.165, 1.54) is 96.8 Å². The molecular formula is C25H52N2O5. The van der Waals surface area contributed by atoms with Crippen LogP contribution in [0.1, 0.15) is 117 Å². The molecule has 0 saturated carbocycles. The number of nitrogens with two attached hydrogens (primary N) is 1. The molecule has 1 amide bonds. The highest BCUT2D eigenvalue weighted by atomic mass is 16.5. The minimum absolute atomic E-state index is 0.153. The van der Waals surface area contributed by atoms with Crippen molar-refractivity contribution in [1.82, 2.24) is 5.32 Å². The average Bonchev–Trinajstić information content (AvgIpc) is 2.78. The van der Waals surface area contributed by atoms with E-state index in [0.29, 0.717) is 6.42 Å². The van der Waals surface area contributed by atoms with Crippen molar-refractivity contribution in [3.63, 3.8) is 0 Å². The van der Waals surface area contributed by atoms with Crippen LogP contribution in [-0.4, -0.2) is 54.5 Å². The zero-order chi connectivity index (χ0) is 24.3. The summed E-state index contributed by atoms with van der Waals surface area (Å²) < 4.78 is 5.01. The van der Waals surface area contributed by atoms with Crippen LogP contribution < -0.4 is 11.1 Å². The summed E-state index contributed by atoms with van der Waals surface area (Å²) in [6.45, 7) is 7.31. The second-order valence-corrected chi connectivity index (χ2v) is 8.54.